The number of benzene rings is 2. The van der Waals surface area contributed by atoms with Gasteiger partial charge >= 0.3 is 0 Å². The van der Waals surface area contributed by atoms with Gasteiger partial charge in [-0.05, 0) is 36.2 Å². The third-order valence-corrected chi connectivity index (χ3v) is 6.01. The summed E-state index contributed by atoms with van der Waals surface area (Å²) in [6.07, 6.45) is 0.818. The molecule has 0 spiro atoms. The van der Waals surface area contributed by atoms with E-state index in [0.29, 0.717) is 18.7 Å². The highest BCUT2D eigenvalue weighted by Crippen LogP contribution is 2.38. The Morgan fingerprint density at radius 3 is 2.67 bits per heavy atom. The molecule has 0 radical (unpaired) electrons. The Morgan fingerprint density at radius 2 is 1.92 bits per heavy atom. The van der Waals surface area contributed by atoms with E-state index in [-0.39, 0.29) is 16.2 Å². The largest absolute Gasteiger partial charge is 0.338 e. The quantitative estimate of drug-likeness (QED) is 0.686. The van der Waals surface area contributed by atoms with Crippen molar-refractivity contribution in [1.82, 2.24) is 4.90 Å². The van der Waals surface area contributed by atoms with Gasteiger partial charge in [-0.2, -0.15) is 11.8 Å². The van der Waals surface area contributed by atoms with Crippen LogP contribution in [0.3, 0.4) is 0 Å². The molecule has 0 saturated carbocycles. The smallest absolute Gasteiger partial charge is 0.255 e. The predicted molar refractivity (Wildman–Crippen MR) is 98.6 cm³/mol. The maximum Gasteiger partial charge on any atom is 0.255 e. The number of hydrogen-bond acceptors (Lipinski definition) is 2. The van der Waals surface area contributed by atoms with E-state index in [1.165, 1.54) is 18.2 Å². The van der Waals surface area contributed by atoms with Crippen LogP contribution in [0.2, 0.25) is 10.0 Å². The molecule has 1 fully saturated rings. The first-order chi connectivity index (χ1) is 11.6. The van der Waals surface area contributed by atoms with Crippen LogP contribution in [0.15, 0.2) is 42.5 Å². The summed E-state index contributed by atoms with van der Waals surface area (Å²) in [5, 5.41) is 1.18. The summed E-state index contributed by atoms with van der Waals surface area (Å²) in [5.74, 6) is 0.225. The lowest BCUT2D eigenvalue weighted by Gasteiger charge is -2.21. The van der Waals surface area contributed by atoms with Gasteiger partial charge in [-0.3, -0.25) is 4.79 Å². The van der Waals surface area contributed by atoms with E-state index in [0.717, 1.165) is 22.8 Å². The zero-order valence-electron chi connectivity index (χ0n) is 12.8. The number of halogens is 3. The summed E-state index contributed by atoms with van der Waals surface area (Å²) in [5.41, 5.74) is 1.46. The average molecular weight is 384 g/mol. The summed E-state index contributed by atoms with van der Waals surface area (Å²) in [7, 11) is 0. The molecular formula is C18H16Cl2FNOS. The van der Waals surface area contributed by atoms with Crippen LogP contribution in [0.4, 0.5) is 4.39 Å². The van der Waals surface area contributed by atoms with Crippen molar-refractivity contribution < 1.29 is 9.18 Å². The fraction of sp³-hybridized carbons (Fsp3) is 0.278. The van der Waals surface area contributed by atoms with Crippen molar-refractivity contribution in [3.63, 3.8) is 0 Å². The third-order valence-electron chi connectivity index (χ3n) is 4.04. The minimum Gasteiger partial charge on any atom is -0.338 e. The lowest BCUT2D eigenvalue weighted by Crippen LogP contribution is -2.33. The van der Waals surface area contributed by atoms with E-state index in [2.05, 4.69) is 0 Å². The molecule has 1 aliphatic heterocycles. The minimum absolute atomic E-state index is 0.152. The molecule has 6 heteroatoms. The van der Waals surface area contributed by atoms with Crippen LogP contribution in [-0.2, 0) is 0 Å². The van der Waals surface area contributed by atoms with Gasteiger partial charge in [0, 0.05) is 29.1 Å². The molecule has 1 atom stereocenters. The summed E-state index contributed by atoms with van der Waals surface area (Å²) in [6, 6.07) is 11.7. The standard InChI is InChI=1S/C18H16Cl2FNOS/c19-15-4-2-1-3-13(15)17-7-8-22(9-10-24-17)18(23)14-6-5-12(21)11-16(14)20/h1-6,11,17H,7-10H2. The van der Waals surface area contributed by atoms with Crippen molar-refractivity contribution in [1.29, 1.82) is 0 Å². The van der Waals surface area contributed by atoms with Crippen molar-refractivity contribution in [3.05, 3.63) is 69.5 Å². The summed E-state index contributed by atoms with van der Waals surface area (Å²) >= 11 is 14.1. The highest BCUT2D eigenvalue weighted by molar-refractivity contribution is 7.99. The molecule has 2 aromatic rings. The third kappa shape index (κ3) is 3.88. The second-order valence-electron chi connectivity index (χ2n) is 5.59. The van der Waals surface area contributed by atoms with E-state index < -0.39 is 5.82 Å². The number of amides is 1. The first kappa shape index (κ1) is 17.6. The zero-order valence-corrected chi connectivity index (χ0v) is 15.2. The lowest BCUT2D eigenvalue weighted by atomic mass is 10.1. The Labute approximate surface area is 154 Å². The van der Waals surface area contributed by atoms with E-state index in [4.69, 9.17) is 23.2 Å². The average Bonchev–Trinajstić information content (AvgIpc) is 2.81. The summed E-state index contributed by atoms with van der Waals surface area (Å²) in [6.45, 7) is 1.26. The van der Waals surface area contributed by atoms with E-state index in [9.17, 15) is 9.18 Å². The van der Waals surface area contributed by atoms with Gasteiger partial charge in [0.15, 0.2) is 0 Å². The highest BCUT2D eigenvalue weighted by atomic mass is 35.5. The van der Waals surface area contributed by atoms with E-state index in [1.54, 1.807) is 16.7 Å². The van der Waals surface area contributed by atoms with Crippen LogP contribution < -0.4 is 0 Å². The number of rotatable bonds is 2. The predicted octanol–water partition coefficient (Wildman–Crippen LogP) is 5.45. The van der Waals surface area contributed by atoms with Crippen LogP contribution in [-0.4, -0.2) is 29.6 Å². The van der Waals surface area contributed by atoms with Gasteiger partial charge in [-0.1, -0.05) is 41.4 Å². The Bertz CT molecular complexity index is 756. The minimum atomic E-state index is -0.443. The molecule has 1 aliphatic rings. The van der Waals surface area contributed by atoms with Gasteiger partial charge in [0.25, 0.3) is 5.91 Å². The molecule has 2 nitrogen and oxygen atoms in total. The van der Waals surface area contributed by atoms with Gasteiger partial charge < -0.3 is 4.90 Å². The van der Waals surface area contributed by atoms with Gasteiger partial charge in [-0.25, -0.2) is 4.39 Å². The van der Waals surface area contributed by atoms with Crippen molar-refractivity contribution in [2.45, 2.75) is 11.7 Å². The maximum absolute atomic E-state index is 13.2. The number of hydrogen-bond donors (Lipinski definition) is 0. The van der Waals surface area contributed by atoms with Crippen LogP contribution >= 0.6 is 35.0 Å². The molecule has 126 valence electrons. The maximum atomic E-state index is 13.2. The van der Waals surface area contributed by atoms with Crippen molar-refractivity contribution in [2.24, 2.45) is 0 Å². The SMILES string of the molecule is O=C(c1ccc(F)cc1Cl)N1CCSC(c2ccccc2Cl)CC1. The molecule has 1 saturated heterocycles. The molecule has 0 aliphatic carbocycles. The highest BCUT2D eigenvalue weighted by Gasteiger charge is 2.25. The van der Waals surface area contributed by atoms with E-state index >= 15 is 0 Å². The fourth-order valence-electron chi connectivity index (χ4n) is 2.79. The fourth-order valence-corrected chi connectivity index (χ4v) is 4.64. The van der Waals surface area contributed by atoms with Crippen molar-refractivity contribution in [2.75, 3.05) is 18.8 Å². The number of thioether (sulfide) groups is 1. The Hall–Kier alpha value is -1.23. The molecule has 2 aromatic carbocycles. The Morgan fingerprint density at radius 1 is 1.12 bits per heavy atom. The first-order valence-corrected chi connectivity index (χ1v) is 9.47. The second-order valence-corrected chi connectivity index (χ2v) is 7.71. The molecule has 1 amide bonds. The molecule has 0 bridgehead atoms. The molecule has 0 N–H and O–H groups in total. The number of carbonyl (C=O) groups excluding carboxylic acids is 1. The van der Waals surface area contributed by atoms with Gasteiger partial charge in [0.05, 0.1) is 10.6 Å². The van der Waals surface area contributed by atoms with Crippen LogP contribution in [0.5, 0.6) is 0 Å². The lowest BCUT2D eigenvalue weighted by molar-refractivity contribution is 0.0766. The van der Waals surface area contributed by atoms with Gasteiger partial charge in [0.2, 0.25) is 0 Å². The zero-order chi connectivity index (χ0) is 17.1. The molecular weight excluding hydrogens is 368 g/mol. The molecule has 1 heterocycles. The molecule has 0 aromatic heterocycles. The topological polar surface area (TPSA) is 20.3 Å². The van der Waals surface area contributed by atoms with Crippen molar-refractivity contribution in [3.8, 4) is 0 Å². The van der Waals surface area contributed by atoms with Crippen LogP contribution in [0.25, 0.3) is 0 Å². The first-order valence-electron chi connectivity index (χ1n) is 7.66. The normalized spacial score (nSPS) is 18.3. The Balaban J connectivity index is 1.73. The number of carbonyl (C=O) groups is 1. The monoisotopic (exact) mass is 383 g/mol. The van der Waals surface area contributed by atoms with E-state index in [1.807, 2.05) is 24.3 Å². The summed E-state index contributed by atoms with van der Waals surface area (Å²) in [4.78, 5) is 14.5. The molecule has 3 rings (SSSR count). The van der Waals surface area contributed by atoms with Crippen LogP contribution in [0, 0.1) is 5.82 Å². The van der Waals surface area contributed by atoms with Crippen LogP contribution in [0.1, 0.15) is 27.6 Å². The number of nitrogens with zero attached hydrogens (tertiary/aromatic N) is 1. The van der Waals surface area contributed by atoms with Gasteiger partial charge in [0.1, 0.15) is 5.82 Å². The Kier molecular flexibility index (Phi) is 5.69. The summed E-state index contributed by atoms with van der Waals surface area (Å²) < 4.78 is 13.2. The molecule has 1 unspecified atom stereocenters. The van der Waals surface area contributed by atoms with Gasteiger partial charge in [-0.15, -0.1) is 0 Å². The molecule has 24 heavy (non-hydrogen) atoms. The second kappa shape index (κ2) is 7.77. The van der Waals surface area contributed by atoms with Crippen molar-refractivity contribution >= 4 is 40.9 Å².